The molecule has 3 atom stereocenters. The highest BCUT2D eigenvalue weighted by Gasteiger charge is 2.65. The number of nitrogens with zero attached hydrogens (tertiary/aromatic N) is 2. The average molecular weight is 334 g/mol. The fourth-order valence-corrected chi connectivity index (χ4v) is 6.54. The summed E-state index contributed by atoms with van der Waals surface area (Å²) in [5.74, 6) is 0.282. The Hall–Kier alpha value is -1.91. The SMILES string of the molecule is O=C1CCC2=C3CC4N(CCC45c4ccccc4N1C25)CC3=CCO. The minimum atomic E-state index is 0.0796. The van der Waals surface area contributed by atoms with Crippen LogP contribution in [0.3, 0.4) is 0 Å². The second-order valence-electron chi connectivity index (χ2n) is 8.08. The van der Waals surface area contributed by atoms with Gasteiger partial charge in [0.05, 0.1) is 12.6 Å². The second-order valence-corrected chi connectivity index (χ2v) is 8.08. The van der Waals surface area contributed by atoms with Crippen LogP contribution in [0.1, 0.15) is 31.2 Å². The van der Waals surface area contributed by atoms with E-state index in [1.54, 1.807) is 0 Å². The molecule has 1 spiro atoms. The first-order valence-corrected chi connectivity index (χ1v) is 9.43. The molecule has 2 bridgehead atoms. The molecule has 0 aromatic heterocycles. The van der Waals surface area contributed by atoms with Crippen molar-refractivity contribution in [1.29, 1.82) is 0 Å². The maximum Gasteiger partial charge on any atom is 0.227 e. The van der Waals surface area contributed by atoms with Gasteiger partial charge in [-0.05, 0) is 54.2 Å². The van der Waals surface area contributed by atoms with E-state index in [0.29, 0.717) is 12.5 Å². The first kappa shape index (κ1) is 14.3. The van der Waals surface area contributed by atoms with Crippen LogP contribution in [0.5, 0.6) is 0 Å². The van der Waals surface area contributed by atoms with Crippen LogP contribution in [0.2, 0.25) is 0 Å². The molecule has 0 radical (unpaired) electrons. The molecule has 4 heterocycles. The highest BCUT2D eigenvalue weighted by Crippen LogP contribution is 2.63. The fourth-order valence-electron chi connectivity index (χ4n) is 6.54. The lowest BCUT2D eigenvalue weighted by atomic mass is 9.60. The maximum atomic E-state index is 12.9. The normalized spacial score (nSPS) is 36.9. The van der Waals surface area contributed by atoms with Crippen molar-refractivity contribution in [3.63, 3.8) is 0 Å². The van der Waals surface area contributed by atoms with Crippen molar-refractivity contribution >= 4 is 11.6 Å². The summed E-state index contributed by atoms with van der Waals surface area (Å²) in [6, 6.07) is 9.31. The predicted octanol–water partition coefficient (Wildman–Crippen LogP) is 2.14. The molecule has 6 rings (SSSR count). The molecule has 1 aromatic rings. The first-order valence-electron chi connectivity index (χ1n) is 9.43. The van der Waals surface area contributed by atoms with Crippen molar-refractivity contribution in [1.82, 2.24) is 4.90 Å². The number of aliphatic hydroxyl groups is 1. The number of hydrogen-bond donors (Lipinski definition) is 1. The Kier molecular flexibility index (Phi) is 2.64. The Bertz CT molecular complexity index is 870. The van der Waals surface area contributed by atoms with Gasteiger partial charge < -0.3 is 10.0 Å². The van der Waals surface area contributed by atoms with Crippen LogP contribution in [0.25, 0.3) is 0 Å². The molecule has 1 N–H and O–H groups in total. The molecule has 0 saturated carbocycles. The third kappa shape index (κ3) is 1.50. The first-order chi connectivity index (χ1) is 12.3. The van der Waals surface area contributed by atoms with Gasteiger partial charge in [-0.25, -0.2) is 0 Å². The number of rotatable bonds is 1. The summed E-state index contributed by atoms with van der Waals surface area (Å²) in [7, 11) is 0. The molecule has 3 saturated heterocycles. The maximum absolute atomic E-state index is 12.9. The predicted molar refractivity (Wildman–Crippen MR) is 95.4 cm³/mol. The summed E-state index contributed by atoms with van der Waals surface area (Å²) >= 11 is 0. The van der Waals surface area contributed by atoms with E-state index >= 15 is 0 Å². The largest absolute Gasteiger partial charge is 0.392 e. The van der Waals surface area contributed by atoms with Crippen LogP contribution in [0, 0.1) is 0 Å². The number of amides is 1. The Morgan fingerprint density at radius 1 is 1.28 bits per heavy atom. The zero-order valence-corrected chi connectivity index (χ0v) is 14.2. The van der Waals surface area contributed by atoms with E-state index < -0.39 is 0 Å². The number of fused-ring (bicyclic) bond motifs is 3. The third-order valence-electron chi connectivity index (χ3n) is 7.35. The van der Waals surface area contributed by atoms with Gasteiger partial charge in [0.2, 0.25) is 5.91 Å². The summed E-state index contributed by atoms with van der Waals surface area (Å²) in [5, 5.41) is 9.50. The zero-order valence-electron chi connectivity index (χ0n) is 14.2. The standard InChI is InChI=1S/C21H22N2O2/c24-10-7-13-12-22-9-8-21-16-3-1-2-4-17(16)23-19(25)6-5-14(20(21)23)15(13)11-18(21)22/h1-4,7,18,20,24H,5-6,8-12H2. The number of para-hydroxylation sites is 1. The van der Waals surface area contributed by atoms with Gasteiger partial charge in [-0.3, -0.25) is 9.69 Å². The van der Waals surface area contributed by atoms with Crippen LogP contribution in [-0.2, 0) is 10.2 Å². The summed E-state index contributed by atoms with van der Waals surface area (Å²) in [6.45, 7) is 2.14. The van der Waals surface area contributed by atoms with Gasteiger partial charge in [-0.2, -0.15) is 0 Å². The van der Waals surface area contributed by atoms with Crippen LogP contribution in [0.4, 0.5) is 5.69 Å². The lowest BCUT2D eigenvalue weighted by molar-refractivity contribution is -0.119. The number of carbonyl (C=O) groups excluding carboxylic acids is 1. The monoisotopic (exact) mass is 334 g/mol. The van der Waals surface area contributed by atoms with Gasteiger partial charge >= 0.3 is 0 Å². The summed E-state index contributed by atoms with van der Waals surface area (Å²) in [4.78, 5) is 17.6. The van der Waals surface area contributed by atoms with E-state index in [4.69, 9.17) is 0 Å². The van der Waals surface area contributed by atoms with Crippen LogP contribution in [0.15, 0.2) is 47.1 Å². The molecule has 4 heteroatoms. The lowest BCUT2D eigenvalue weighted by Crippen LogP contribution is -2.60. The fraction of sp³-hybridized carbons (Fsp3) is 0.476. The smallest absolute Gasteiger partial charge is 0.227 e. The molecule has 5 aliphatic rings. The van der Waals surface area contributed by atoms with Gasteiger partial charge in [0.25, 0.3) is 0 Å². The van der Waals surface area contributed by atoms with Crippen molar-refractivity contribution in [2.75, 3.05) is 24.6 Å². The molecule has 1 aromatic carbocycles. The quantitative estimate of drug-likeness (QED) is 0.856. The van der Waals surface area contributed by atoms with Crippen LogP contribution < -0.4 is 4.90 Å². The van der Waals surface area contributed by atoms with Crippen LogP contribution in [-0.4, -0.2) is 47.7 Å². The number of piperidine rings is 2. The minimum absolute atomic E-state index is 0.0796. The number of aliphatic hydroxyl groups excluding tert-OH is 1. The Morgan fingerprint density at radius 3 is 3.04 bits per heavy atom. The molecule has 1 aliphatic carbocycles. The number of hydrogen-bond acceptors (Lipinski definition) is 3. The molecular formula is C21H22N2O2. The Morgan fingerprint density at radius 2 is 2.16 bits per heavy atom. The number of anilines is 1. The molecule has 4 aliphatic heterocycles. The van der Waals surface area contributed by atoms with E-state index in [0.717, 1.165) is 38.0 Å². The number of benzene rings is 1. The van der Waals surface area contributed by atoms with Crippen molar-refractivity contribution < 1.29 is 9.90 Å². The minimum Gasteiger partial charge on any atom is -0.392 e. The molecule has 3 unspecified atom stereocenters. The summed E-state index contributed by atoms with van der Waals surface area (Å²) in [6.07, 6.45) is 5.70. The van der Waals surface area contributed by atoms with E-state index in [9.17, 15) is 9.90 Å². The van der Waals surface area contributed by atoms with Crippen molar-refractivity contribution in [3.8, 4) is 0 Å². The lowest BCUT2D eigenvalue weighted by Gasteiger charge is -2.52. The highest BCUT2D eigenvalue weighted by molar-refractivity contribution is 6.00. The van der Waals surface area contributed by atoms with Gasteiger partial charge in [-0.1, -0.05) is 24.3 Å². The molecule has 128 valence electrons. The van der Waals surface area contributed by atoms with Gasteiger partial charge in [0.15, 0.2) is 0 Å². The van der Waals surface area contributed by atoms with Crippen molar-refractivity contribution in [2.45, 2.75) is 43.2 Å². The molecular weight excluding hydrogens is 312 g/mol. The Balaban J connectivity index is 1.67. The van der Waals surface area contributed by atoms with Gasteiger partial charge in [0, 0.05) is 30.1 Å². The van der Waals surface area contributed by atoms with Gasteiger partial charge in [0.1, 0.15) is 0 Å². The van der Waals surface area contributed by atoms with Crippen molar-refractivity contribution in [3.05, 3.63) is 52.6 Å². The highest BCUT2D eigenvalue weighted by atomic mass is 16.2. The second kappa shape index (κ2) is 4.63. The van der Waals surface area contributed by atoms with E-state index in [1.807, 2.05) is 6.08 Å². The zero-order chi connectivity index (χ0) is 16.8. The molecule has 4 nitrogen and oxygen atoms in total. The third-order valence-corrected chi connectivity index (χ3v) is 7.35. The Labute approximate surface area is 147 Å². The summed E-state index contributed by atoms with van der Waals surface area (Å²) < 4.78 is 0. The van der Waals surface area contributed by atoms with E-state index in [-0.39, 0.29) is 24.0 Å². The molecule has 3 fully saturated rings. The van der Waals surface area contributed by atoms with Gasteiger partial charge in [-0.15, -0.1) is 0 Å². The van der Waals surface area contributed by atoms with Crippen LogP contribution >= 0.6 is 0 Å². The molecule has 25 heavy (non-hydrogen) atoms. The topological polar surface area (TPSA) is 43.8 Å². The summed E-state index contributed by atoms with van der Waals surface area (Å²) in [5.41, 5.74) is 6.85. The number of carbonyl (C=O) groups is 1. The van der Waals surface area contributed by atoms with Crippen molar-refractivity contribution in [2.24, 2.45) is 0 Å². The molecule has 1 amide bonds. The van der Waals surface area contributed by atoms with E-state index in [2.05, 4.69) is 34.1 Å². The average Bonchev–Trinajstić information content (AvgIpc) is 3.17. The van der Waals surface area contributed by atoms with E-state index in [1.165, 1.54) is 22.3 Å².